The number of guanidine groups is 1. The number of hydrogen-bond acceptors (Lipinski definition) is 3. The fraction of sp³-hybridized carbons (Fsp3) is 0.381. The standard InChI is InChI=1S/C21H30N4O.HI/c1-4-22-21(25-16-19-7-5-6-17(2)14-19)24-15-18-8-10-20(11-9-18)23-12-13-26-3;/h5-11,14,23H,4,12-13,15-16H2,1-3H3,(H2,22,24,25);1H. The Labute approximate surface area is 180 Å². The molecule has 0 spiro atoms. The number of benzene rings is 2. The molecule has 3 N–H and O–H groups in total. The van der Waals surface area contributed by atoms with Crippen LogP contribution in [0.3, 0.4) is 0 Å². The predicted molar refractivity (Wildman–Crippen MR) is 125 cm³/mol. The third-order valence-electron chi connectivity index (χ3n) is 3.90. The van der Waals surface area contributed by atoms with Crippen LogP contribution in [0.5, 0.6) is 0 Å². The molecular weight excluding hydrogens is 451 g/mol. The van der Waals surface area contributed by atoms with Crippen LogP contribution < -0.4 is 16.0 Å². The lowest BCUT2D eigenvalue weighted by atomic mass is 10.1. The summed E-state index contributed by atoms with van der Waals surface area (Å²) in [5, 5.41) is 10.0. The first-order valence-electron chi connectivity index (χ1n) is 9.10. The Morgan fingerprint density at radius 3 is 2.48 bits per heavy atom. The van der Waals surface area contributed by atoms with Crippen molar-refractivity contribution in [2.75, 3.05) is 32.1 Å². The number of halogens is 1. The minimum atomic E-state index is 0. The number of methoxy groups -OCH3 is 1. The zero-order chi connectivity index (χ0) is 18.6. The lowest BCUT2D eigenvalue weighted by Crippen LogP contribution is -2.36. The molecule has 2 aromatic carbocycles. The molecule has 0 fully saturated rings. The fourth-order valence-corrected chi connectivity index (χ4v) is 2.55. The quantitative estimate of drug-likeness (QED) is 0.220. The van der Waals surface area contributed by atoms with Crippen molar-refractivity contribution in [2.45, 2.75) is 26.9 Å². The Morgan fingerprint density at radius 2 is 1.81 bits per heavy atom. The molecular formula is C21H31IN4O. The highest BCUT2D eigenvalue weighted by Gasteiger charge is 2.00. The van der Waals surface area contributed by atoms with Crippen LogP contribution in [0.1, 0.15) is 23.6 Å². The Balaban J connectivity index is 0.00000364. The van der Waals surface area contributed by atoms with E-state index in [2.05, 4.69) is 83.3 Å². The molecule has 0 aliphatic carbocycles. The summed E-state index contributed by atoms with van der Waals surface area (Å²) >= 11 is 0. The molecule has 0 aliphatic rings. The summed E-state index contributed by atoms with van der Waals surface area (Å²) in [7, 11) is 1.71. The molecule has 0 bridgehead atoms. The van der Waals surface area contributed by atoms with Crippen molar-refractivity contribution in [3.63, 3.8) is 0 Å². The van der Waals surface area contributed by atoms with E-state index in [9.17, 15) is 0 Å². The van der Waals surface area contributed by atoms with Gasteiger partial charge in [0.25, 0.3) is 0 Å². The molecule has 0 unspecified atom stereocenters. The molecule has 6 heteroatoms. The molecule has 2 aromatic rings. The van der Waals surface area contributed by atoms with E-state index in [0.29, 0.717) is 13.2 Å². The predicted octanol–water partition coefficient (Wildman–Crippen LogP) is 3.93. The Bertz CT molecular complexity index is 689. The molecule has 2 rings (SSSR count). The highest BCUT2D eigenvalue weighted by Crippen LogP contribution is 2.09. The highest BCUT2D eigenvalue weighted by molar-refractivity contribution is 14.0. The maximum Gasteiger partial charge on any atom is 0.191 e. The summed E-state index contributed by atoms with van der Waals surface area (Å²) in [4.78, 5) is 4.68. The van der Waals surface area contributed by atoms with Gasteiger partial charge in [0.1, 0.15) is 0 Å². The minimum Gasteiger partial charge on any atom is -0.383 e. The molecule has 0 amide bonds. The number of rotatable bonds is 9. The van der Waals surface area contributed by atoms with Crippen LogP contribution >= 0.6 is 24.0 Å². The number of nitrogens with zero attached hydrogens (tertiary/aromatic N) is 1. The summed E-state index contributed by atoms with van der Waals surface area (Å²) in [6.07, 6.45) is 0. The number of aryl methyl sites for hydroxylation is 1. The molecule has 0 heterocycles. The van der Waals surface area contributed by atoms with Crippen LogP contribution in [0.25, 0.3) is 0 Å². The van der Waals surface area contributed by atoms with Gasteiger partial charge in [-0.2, -0.15) is 0 Å². The van der Waals surface area contributed by atoms with Gasteiger partial charge in [-0.3, -0.25) is 0 Å². The van der Waals surface area contributed by atoms with E-state index in [1.165, 1.54) is 16.7 Å². The summed E-state index contributed by atoms with van der Waals surface area (Å²) < 4.78 is 5.04. The van der Waals surface area contributed by atoms with Crippen LogP contribution in [-0.4, -0.2) is 32.8 Å². The maximum absolute atomic E-state index is 5.04. The summed E-state index contributed by atoms with van der Waals surface area (Å²) in [6, 6.07) is 16.9. The largest absolute Gasteiger partial charge is 0.383 e. The topological polar surface area (TPSA) is 57.7 Å². The molecule has 5 nitrogen and oxygen atoms in total. The van der Waals surface area contributed by atoms with Crippen molar-refractivity contribution in [1.29, 1.82) is 0 Å². The first-order chi connectivity index (χ1) is 12.7. The van der Waals surface area contributed by atoms with Crippen LogP contribution in [0, 0.1) is 6.92 Å². The summed E-state index contributed by atoms with van der Waals surface area (Å²) in [5.41, 5.74) is 4.79. The van der Waals surface area contributed by atoms with Crippen molar-refractivity contribution in [3.05, 3.63) is 65.2 Å². The summed E-state index contributed by atoms with van der Waals surface area (Å²) in [6.45, 7) is 7.92. The lowest BCUT2D eigenvalue weighted by Gasteiger charge is -2.12. The van der Waals surface area contributed by atoms with Crippen LogP contribution in [0.15, 0.2) is 53.5 Å². The molecule has 0 aliphatic heterocycles. The number of hydrogen-bond donors (Lipinski definition) is 3. The lowest BCUT2D eigenvalue weighted by molar-refractivity contribution is 0.211. The molecule has 0 radical (unpaired) electrons. The van der Waals surface area contributed by atoms with Gasteiger partial charge in [0.2, 0.25) is 0 Å². The Kier molecular flexibility index (Phi) is 11.5. The zero-order valence-corrected chi connectivity index (χ0v) is 18.7. The smallest absolute Gasteiger partial charge is 0.191 e. The van der Waals surface area contributed by atoms with Crippen LogP contribution in [-0.2, 0) is 17.8 Å². The number of anilines is 1. The number of nitrogens with one attached hydrogen (secondary N) is 3. The van der Waals surface area contributed by atoms with Crippen molar-refractivity contribution in [2.24, 2.45) is 4.99 Å². The monoisotopic (exact) mass is 482 g/mol. The average Bonchev–Trinajstić information content (AvgIpc) is 2.65. The third kappa shape index (κ3) is 9.10. The van der Waals surface area contributed by atoms with Crippen molar-refractivity contribution < 1.29 is 4.74 Å². The first kappa shape index (κ1) is 23.2. The van der Waals surface area contributed by atoms with E-state index in [-0.39, 0.29) is 24.0 Å². The van der Waals surface area contributed by atoms with E-state index in [1.807, 2.05) is 0 Å². The van der Waals surface area contributed by atoms with E-state index >= 15 is 0 Å². The molecule has 0 saturated heterocycles. The van der Waals surface area contributed by atoms with E-state index < -0.39 is 0 Å². The van der Waals surface area contributed by atoms with Crippen molar-refractivity contribution in [3.8, 4) is 0 Å². The minimum absolute atomic E-state index is 0. The zero-order valence-electron chi connectivity index (χ0n) is 16.4. The molecule has 0 aromatic heterocycles. The second kappa shape index (κ2) is 13.4. The molecule has 148 valence electrons. The molecule has 27 heavy (non-hydrogen) atoms. The molecule has 0 saturated carbocycles. The van der Waals surface area contributed by atoms with E-state index in [0.717, 1.165) is 31.3 Å². The fourth-order valence-electron chi connectivity index (χ4n) is 2.55. The van der Waals surface area contributed by atoms with Gasteiger partial charge in [-0.25, -0.2) is 4.99 Å². The summed E-state index contributed by atoms with van der Waals surface area (Å²) in [5.74, 6) is 0.830. The van der Waals surface area contributed by atoms with Crippen molar-refractivity contribution >= 4 is 35.6 Å². The first-order valence-corrected chi connectivity index (χ1v) is 9.10. The molecule has 0 atom stereocenters. The van der Waals surface area contributed by atoms with Gasteiger partial charge in [-0.1, -0.05) is 42.0 Å². The van der Waals surface area contributed by atoms with Gasteiger partial charge >= 0.3 is 0 Å². The van der Waals surface area contributed by atoms with Crippen LogP contribution in [0.4, 0.5) is 5.69 Å². The van der Waals surface area contributed by atoms with Gasteiger partial charge in [-0.15, -0.1) is 24.0 Å². The maximum atomic E-state index is 5.04. The van der Waals surface area contributed by atoms with Crippen LogP contribution in [0.2, 0.25) is 0 Å². The SMILES string of the molecule is CCNC(=NCc1cccc(C)c1)NCc1ccc(NCCOC)cc1.I. The third-order valence-corrected chi connectivity index (χ3v) is 3.90. The van der Waals surface area contributed by atoms with Gasteiger partial charge in [0.05, 0.1) is 13.2 Å². The number of aliphatic imine (C=N–C) groups is 1. The van der Waals surface area contributed by atoms with Gasteiger partial charge < -0.3 is 20.7 Å². The second-order valence-corrected chi connectivity index (χ2v) is 6.15. The van der Waals surface area contributed by atoms with Gasteiger partial charge in [0.15, 0.2) is 5.96 Å². The second-order valence-electron chi connectivity index (χ2n) is 6.15. The van der Waals surface area contributed by atoms with Gasteiger partial charge in [-0.05, 0) is 37.1 Å². The highest BCUT2D eigenvalue weighted by atomic mass is 127. The van der Waals surface area contributed by atoms with E-state index in [4.69, 9.17) is 4.74 Å². The number of ether oxygens (including phenoxy) is 1. The van der Waals surface area contributed by atoms with Gasteiger partial charge in [0, 0.05) is 32.4 Å². The Hall–Kier alpha value is -1.80. The Morgan fingerprint density at radius 1 is 1.04 bits per heavy atom. The normalized spacial score (nSPS) is 10.9. The van der Waals surface area contributed by atoms with E-state index in [1.54, 1.807) is 7.11 Å². The van der Waals surface area contributed by atoms with Crippen molar-refractivity contribution in [1.82, 2.24) is 10.6 Å². The average molecular weight is 482 g/mol.